The minimum atomic E-state index is -1.22. The molecule has 102 valence electrons. The van der Waals surface area contributed by atoms with Gasteiger partial charge in [0.25, 0.3) is 0 Å². The summed E-state index contributed by atoms with van der Waals surface area (Å²) in [7, 11) is 0. The van der Waals surface area contributed by atoms with Crippen molar-refractivity contribution in [1.29, 1.82) is 0 Å². The van der Waals surface area contributed by atoms with Crippen molar-refractivity contribution < 1.29 is 13.2 Å². The van der Waals surface area contributed by atoms with Crippen LogP contribution >= 0.6 is 0 Å². The van der Waals surface area contributed by atoms with Crippen LogP contribution < -0.4 is 5.32 Å². The first-order valence-electron chi connectivity index (χ1n) is 5.95. The number of fused-ring (bicyclic) bond motifs is 1. The van der Waals surface area contributed by atoms with E-state index in [1.165, 1.54) is 0 Å². The second kappa shape index (κ2) is 4.88. The number of benzene rings is 1. The fraction of sp³-hybridized carbons (Fsp3) is 0.0714. The Labute approximate surface area is 112 Å². The third kappa shape index (κ3) is 2.20. The second-order valence-corrected chi connectivity index (χ2v) is 4.30. The van der Waals surface area contributed by atoms with Gasteiger partial charge in [-0.1, -0.05) is 6.07 Å². The number of pyridine rings is 1. The van der Waals surface area contributed by atoms with Gasteiger partial charge in [0.15, 0.2) is 11.6 Å². The van der Waals surface area contributed by atoms with Crippen molar-refractivity contribution in [1.82, 2.24) is 9.61 Å². The number of hydrogen-bond donors (Lipinski definition) is 1. The van der Waals surface area contributed by atoms with Crippen LogP contribution in [0.5, 0.6) is 0 Å². The quantitative estimate of drug-likeness (QED) is 0.744. The summed E-state index contributed by atoms with van der Waals surface area (Å²) in [6, 6.07) is 6.97. The summed E-state index contributed by atoms with van der Waals surface area (Å²) < 4.78 is 41.3. The van der Waals surface area contributed by atoms with E-state index in [9.17, 15) is 13.2 Å². The zero-order valence-electron chi connectivity index (χ0n) is 10.3. The van der Waals surface area contributed by atoms with Crippen LogP contribution in [0.4, 0.5) is 18.9 Å². The van der Waals surface area contributed by atoms with Crippen LogP contribution in [0.1, 0.15) is 5.56 Å². The molecule has 20 heavy (non-hydrogen) atoms. The van der Waals surface area contributed by atoms with Crippen LogP contribution in [0, 0.1) is 17.5 Å². The number of nitrogens with one attached hydrogen (secondary N) is 1. The summed E-state index contributed by atoms with van der Waals surface area (Å²) in [5.74, 6) is -3.14. The summed E-state index contributed by atoms with van der Waals surface area (Å²) in [4.78, 5) is 0. The lowest BCUT2D eigenvalue weighted by molar-refractivity contribution is 0.497. The fourth-order valence-corrected chi connectivity index (χ4v) is 2.00. The third-order valence-corrected chi connectivity index (χ3v) is 2.97. The van der Waals surface area contributed by atoms with E-state index in [1.54, 1.807) is 16.9 Å². The standard InChI is InChI=1S/C14H10F3N3/c15-10-5-11(16)14(17)12(6-10)18-7-9-8-19-20-4-2-1-3-13(9)20/h1-6,8,18H,7H2. The Kier molecular flexibility index (Phi) is 3.06. The van der Waals surface area contributed by atoms with Crippen LogP contribution in [0.2, 0.25) is 0 Å². The Hall–Kier alpha value is -2.50. The highest BCUT2D eigenvalue weighted by atomic mass is 19.2. The molecular formula is C14H10F3N3. The topological polar surface area (TPSA) is 29.3 Å². The van der Waals surface area contributed by atoms with Crippen molar-refractivity contribution in [2.24, 2.45) is 0 Å². The lowest BCUT2D eigenvalue weighted by Gasteiger charge is -2.07. The lowest BCUT2D eigenvalue weighted by Crippen LogP contribution is -2.03. The summed E-state index contributed by atoms with van der Waals surface area (Å²) >= 11 is 0. The molecule has 0 amide bonds. The molecule has 0 bridgehead atoms. The van der Waals surface area contributed by atoms with Gasteiger partial charge in [-0.05, 0) is 12.1 Å². The molecule has 0 aliphatic carbocycles. The molecule has 0 saturated heterocycles. The molecule has 6 heteroatoms. The molecule has 2 heterocycles. The largest absolute Gasteiger partial charge is 0.378 e. The molecule has 3 rings (SSSR count). The van der Waals surface area contributed by atoms with Gasteiger partial charge in [-0.2, -0.15) is 5.10 Å². The maximum absolute atomic E-state index is 13.5. The minimum absolute atomic E-state index is 0.210. The zero-order valence-corrected chi connectivity index (χ0v) is 10.3. The van der Waals surface area contributed by atoms with Gasteiger partial charge in [-0.3, -0.25) is 0 Å². The molecule has 0 fully saturated rings. The van der Waals surface area contributed by atoms with Crippen molar-refractivity contribution >= 4 is 11.2 Å². The third-order valence-electron chi connectivity index (χ3n) is 2.97. The van der Waals surface area contributed by atoms with Crippen molar-refractivity contribution in [3.05, 3.63) is 65.7 Å². The first-order chi connectivity index (χ1) is 9.65. The number of anilines is 1. The number of hydrogen-bond acceptors (Lipinski definition) is 2. The summed E-state index contributed by atoms with van der Waals surface area (Å²) in [5.41, 5.74) is 1.43. The molecule has 1 aromatic carbocycles. The predicted molar refractivity (Wildman–Crippen MR) is 68.8 cm³/mol. The maximum atomic E-state index is 13.5. The summed E-state index contributed by atoms with van der Waals surface area (Å²) in [6.45, 7) is 0.216. The van der Waals surface area contributed by atoms with E-state index in [-0.39, 0.29) is 12.2 Å². The number of aromatic nitrogens is 2. The van der Waals surface area contributed by atoms with E-state index in [0.717, 1.165) is 17.1 Å². The highest BCUT2D eigenvalue weighted by Gasteiger charge is 2.11. The van der Waals surface area contributed by atoms with Gasteiger partial charge in [-0.25, -0.2) is 17.7 Å². The normalized spacial score (nSPS) is 10.9. The van der Waals surface area contributed by atoms with Gasteiger partial charge >= 0.3 is 0 Å². The summed E-state index contributed by atoms with van der Waals surface area (Å²) in [5, 5.41) is 6.80. The van der Waals surface area contributed by atoms with Gasteiger partial charge in [0.2, 0.25) is 0 Å². The molecule has 3 aromatic rings. The van der Waals surface area contributed by atoms with Gasteiger partial charge < -0.3 is 5.32 Å². The average Bonchev–Trinajstić information content (AvgIpc) is 2.84. The van der Waals surface area contributed by atoms with E-state index in [4.69, 9.17) is 0 Å². The van der Waals surface area contributed by atoms with Gasteiger partial charge in [-0.15, -0.1) is 0 Å². The Balaban J connectivity index is 1.87. The van der Waals surface area contributed by atoms with Crippen molar-refractivity contribution in [2.75, 3.05) is 5.32 Å². The van der Waals surface area contributed by atoms with E-state index >= 15 is 0 Å². The van der Waals surface area contributed by atoms with Crippen molar-refractivity contribution in [3.63, 3.8) is 0 Å². The predicted octanol–water partition coefficient (Wildman–Crippen LogP) is 3.36. The minimum Gasteiger partial charge on any atom is -0.378 e. The average molecular weight is 277 g/mol. The van der Waals surface area contributed by atoms with Crippen LogP contribution in [-0.2, 0) is 6.54 Å². The zero-order chi connectivity index (χ0) is 14.1. The van der Waals surface area contributed by atoms with Crippen LogP contribution in [0.25, 0.3) is 5.52 Å². The smallest absolute Gasteiger partial charge is 0.182 e. The SMILES string of the molecule is Fc1cc(F)c(F)c(NCc2cnn3ccccc23)c1. The molecule has 0 saturated carbocycles. The monoisotopic (exact) mass is 277 g/mol. The van der Waals surface area contributed by atoms with E-state index in [0.29, 0.717) is 6.07 Å². The first kappa shape index (κ1) is 12.5. The number of rotatable bonds is 3. The molecule has 0 aliphatic heterocycles. The van der Waals surface area contributed by atoms with Crippen LogP contribution in [-0.4, -0.2) is 9.61 Å². The van der Waals surface area contributed by atoms with E-state index < -0.39 is 17.5 Å². The van der Waals surface area contributed by atoms with Gasteiger partial charge in [0.1, 0.15) is 5.82 Å². The number of halogens is 3. The van der Waals surface area contributed by atoms with E-state index in [2.05, 4.69) is 10.4 Å². The molecule has 0 atom stereocenters. The molecule has 2 aromatic heterocycles. The van der Waals surface area contributed by atoms with Crippen LogP contribution in [0.15, 0.2) is 42.7 Å². The highest BCUT2D eigenvalue weighted by molar-refractivity contribution is 5.55. The highest BCUT2D eigenvalue weighted by Crippen LogP contribution is 2.20. The van der Waals surface area contributed by atoms with Crippen molar-refractivity contribution in [3.8, 4) is 0 Å². The Morgan fingerprint density at radius 3 is 2.85 bits per heavy atom. The Morgan fingerprint density at radius 1 is 1.15 bits per heavy atom. The Morgan fingerprint density at radius 2 is 2.00 bits per heavy atom. The van der Waals surface area contributed by atoms with Crippen LogP contribution in [0.3, 0.4) is 0 Å². The van der Waals surface area contributed by atoms with Gasteiger partial charge in [0.05, 0.1) is 17.4 Å². The fourth-order valence-electron chi connectivity index (χ4n) is 2.00. The molecule has 1 N–H and O–H groups in total. The van der Waals surface area contributed by atoms with Gasteiger partial charge in [0, 0.05) is 30.4 Å². The molecular weight excluding hydrogens is 267 g/mol. The summed E-state index contributed by atoms with van der Waals surface area (Å²) in [6.07, 6.45) is 3.40. The molecule has 0 spiro atoms. The maximum Gasteiger partial charge on any atom is 0.182 e. The molecule has 0 unspecified atom stereocenters. The Bertz CT molecular complexity index is 767. The van der Waals surface area contributed by atoms with E-state index in [1.807, 2.05) is 18.2 Å². The van der Waals surface area contributed by atoms with Crippen molar-refractivity contribution in [2.45, 2.75) is 6.54 Å². The second-order valence-electron chi connectivity index (χ2n) is 4.30. The molecule has 3 nitrogen and oxygen atoms in total. The molecule has 0 radical (unpaired) electrons. The molecule has 0 aliphatic rings. The number of nitrogens with zero attached hydrogens (tertiary/aromatic N) is 2. The first-order valence-corrected chi connectivity index (χ1v) is 5.95. The lowest BCUT2D eigenvalue weighted by atomic mass is 10.2.